The van der Waals surface area contributed by atoms with Crippen LogP contribution in [0.15, 0.2) is 18.2 Å². The molecular formula is C17H25FN2O. The van der Waals surface area contributed by atoms with Gasteiger partial charge >= 0.3 is 0 Å². The summed E-state index contributed by atoms with van der Waals surface area (Å²) < 4.78 is 19.2. The molecule has 1 aliphatic carbocycles. The van der Waals surface area contributed by atoms with Crippen LogP contribution >= 0.6 is 0 Å². The van der Waals surface area contributed by atoms with E-state index in [0.29, 0.717) is 6.54 Å². The number of likely N-dealkylation sites (N-methyl/N-ethyl adjacent to an activating group) is 1. The van der Waals surface area contributed by atoms with Gasteiger partial charge in [-0.05, 0) is 38.1 Å². The smallest absolute Gasteiger partial charge is 0.123 e. The molecule has 1 fully saturated rings. The Labute approximate surface area is 126 Å². The average Bonchev–Trinajstić information content (AvgIpc) is 2.89. The normalized spacial score (nSPS) is 23.9. The molecule has 1 atom stereocenters. The van der Waals surface area contributed by atoms with E-state index in [1.54, 1.807) is 12.1 Å². The van der Waals surface area contributed by atoms with Crippen molar-refractivity contribution in [3.8, 4) is 5.75 Å². The lowest BCUT2D eigenvalue weighted by Gasteiger charge is -2.44. The summed E-state index contributed by atoms with van der Waals surface area (Å²) in [7, 11) is 2.16. The van der Waals surface area contributed by atoms with E-state index in [9.17, 15) is 4.39 Å². The highest BCUT2D eigenvalue weighted by Crippen LogP contribution is 2.34. The van der Waals surface area contributed by atoms with E-state index in [4.69, 9.17) is 10.5 Å². The van der Waals surface area contributed by atoms with Crippen LogP contribution in [0.5, 0.6) is 5.75 Å². The van der Waals surface area contributed by atoms with Gasteiger partial charge in [-0.2, -0.15) is 0 Å². The van der Waals surface area contributed by atoms with Gasteiger partial charge in [-0.15, -0.1) is 0 Å². The summed E-state index contributed by atoms with van der Waals surface area (Å²) >= 11 is 0. The van der Waals surface area contributed by atoms with Gasteiger partial charge in [0.1, 0.15) is 17.7 Å². The summed E-state index contributed by atoms with van der Waals surface area (Å²) in [6.07, 6.45) is 7.09. The van der Waals surface area contributed by atoms with E-state index in [1.165, 1.54) is 38.2 Å². The molecule has 0 bridgehead atoms. The lowest BCUT2D eigenvalue weighted by molar-refractivity contribution is 0.0487. The van der Waals surface area contributed by atoms with Gasteiger partial charge in [0.2, 0.25) is 0 Å². The zero-order valence-corrected chi connectivity index (χ0v) is 12.8. The Balaban J connectivity index is 1.65. The van der Waals surface area contributed by atoms with Crippen LogP contribution in [0, 0.1) is 5.82 Å². The molecule has 1 heterocycles. The molecule has 3 rings (SSSR count). The lowest BCUT2D eigenvalue weighted by atomic mass is 9.80. The van der Waals surface area contributed by atoms with Gasteiger partial charge in [0.15, 0.2) is 0 Å². The van der Waals surface area contributed by atoms with Crippen molar-refractivity contribution in [1.82, 2.24) is 4.90 Å². The molecule has 0 aromatic heterocycles. The molecule has 1 aromatic rings. The van der Waals surface area contributed by atoms with E-state index >= 15 is 0 Å². The number of nitrogens with zero attached hydrogens (tertiary/aromatic N) is 1. The first-order valence-corrected chi connectivity index (χ1v) is 7.99. The molecule has 21 heavy (non-hydrogen) atoms. The quantitative estimate of drug-likeness (QED) is 0.927. The van der Waals surface area contributed by atoms with Crippen molar-refractivity contribution >= 4 is 0 Å². The van der Waals surface area contributed by atoms with Gasteiger partial charge in [-0.3, -0.25) is 4.90 Å². The van der Waals surface area contributed by atoms with E-state index in [2.05, 4.69) is 11.9 Å². The second-order valence-electron chi connectivity index (χ2n) is 6.57. The molecule has 1 saturated carbocycles. The molecular weight excluding hydrogens is 267 g/mol. The van der Waals surface area contributed by atoms with Crippen molar-refractivity contribution in [3.63, 3.8) is 0 Å². The van der Waals surface area contributed by atoms with Crippen LogP contribution in [0.4, 0.5) is 4.39 Å². The van der Waals surface area contributed by atoms with Crippen molar-refractivity contribution < 1.29 is 9.13 Å². The van der Waals surface area contributed by atoms with Crippen LogP contribution in [0.3, 0.4) is 0 Å². The average molecular weight is 292 g/mol. The van der Waals surface area contributed by atoms with Gasteiger partial charge in [0.25, 0.3) is 0 Å². The monoisotopic (exact) mass is 292 g/mol. The Morgan fingerprint density at radius 1 is 1.33 bits per heavy atom. The number of hydrogen-bond donors (Lipinski definition) is 1. The van der Waals surface area contributed by atoms with Crippen LogP contribution in [0.25, 0.3) is 0 Å². The van der Waals surface area contributed by atoms with Crippen molar-refractivity contribution in [2.75, 3.05) is 20.1 Å². The van der Waals surface area contributed by atoms with Crippen LogP contribution in [-0.2, 0) is 6.42 Å². The van der Waals surface area contributed by atoms with Crippen LogP contribution in [0.2, 0.25) is 0 Å². The highest BCUT2D eigenvalue weighted by atomic mass is 19.1. The van der Waals surface area contributed by atoms with Gasteiger partial charge in [0.05, 0.1) is 0 Å². The van der Waals surface area contributed by atoms with Crippen LogP contribution < -0.4 is 10.5 Å². The highest BCUT2D eigenvalue weighted by Gasteiger charge is 2.37. The van der Waals surface area contributed by atoms with Gasteiger partial charge in [-0.1, -0.05) is 19.3 Å². The number of halogens is 1. The van der Waals surface area contributed by atoms with Gasteiger partial charge in [0, 0.05) is 30.6 Å². The third-order valence-corrected chi connectivity index (χ3v) is 5.22. The highest BCUT2D eigenvalue weighted by molar-refractivity contribution is 5.38. The molecule has 1 aliphatic heterocycles. The molecule has 0 spiro atoms. The van der Waals surface area contributed by atoms with E-state index in [-0.39, 0.29) is 17.5 Å². The Morgan fingerprint density at radius 3 is 2.81 bits per heavy atom. The second-order valence-corrected chi connectivity index (χ2v) is 6.57. The fourth-order valence-corrected chi connectivity index (χ4v) is 3.84. The predicted molar refractivity (Wildman–Crippen MR) is 82.0 cm³/mol. The van der Waals surface area contributed by atoms with Crippen molar-refractivity contribution in [1.29, 1.82) is 0 Å². The zero-order chi connectivity index (χ0) is 14.9. The third-order valence-electron chi connectivity index (χ3n) is 5.22. The number of hydrogen-bond acceptors (Lipinski definition) is 3. The summed E-state index contributed by atoms with van der Waals surface area (Å²) in [4.78, 5) is 2.39. The maximum atomic E-state index is 13.3. The zero-order valence-electron chi connectivity index (χ0n) is 12.8. The summed E-state index contributed by atoms with van der Waals surface area (Å²) in [5.41, 5.74) is 7.20. The van der Waals surface area contributed by atoms with E-state index < -0.39 is 0 Å². The predicted octanol–water partition coefficient (Wildman–Crippen LogP) is 2.72. The first-order chi connectivity index (χ1) is 10.1. The molecule has 2 aliphatic rings. The minimum atomic E-state index is -0.183. The Kier molecular flexibility index (Phi) is 4.18. The van der Waals surface area contributed by atoms with Crippen molar-refractivity contribution in [3.05, 3.63) is 29.6 Å². The van der Waals surface area contributed by atoms with Crippen LogP contribution in [-0.4, -0.2) is 36.7 Å². The molecule has 1 aromatic carbocycles. The molecule has 3 nitrogen and oxygen atoms in total. The van der Waals surface area contributed by atoms with Crippen LogP contribution in [0.1, 0.15) is 37.7 Å². The minimum absolute atomic E-state index is 0.108. The lowest BCUT2D eigenvalue weighted by Crippen LogP contribution is -2.55. The SMILES string of the molecule is CN(CC1Cc2cc(F)ccc2O1)C1(CN)CCCCC1. The van der Waals surface area contributed by atoms with Crippen molar-refractivity contribution in [2.45, 2.75) is 50.2 Å². The standard InChI is InChI=1S/C17H25FN2O/c1-20(17(12-19)7-3-2-4-8-17)11-15-10-13-9-14(18)5-6-16(13)21-15/h5-6,9,15H,2-4,7-8,10-12,19H2,1H3. The number of nitrogens with two attached hydrogens (primary N) is 1. The third kappa shape index (κ3) is 2.92. The summed E-state index contributed by atoms with van der Waals surface area (Å²) in [6.45, 7) is 1.56. The molecule has 0 radical (unpaired) electrons. The summed E-state index contributed by atoms with van der Waals surface area (Å²) in [5.74, 6) is 0.650. The topological polar surface area (TPSA) is 38.5 Å². The number of rotatable bonds is 4. The number of benzene rings is 1. The van der Waals surface area contributed by atoms with E-state index in [1.807, 2.05) is 0 Å². The summed E-state index contributed by atoms with van der Waals surface area (Å²) in [5, 5.41) is 0. The Bertz CT molecular complexity index is 500. The minimum Gasteiger partial charge on any atom is -0.488 e. The van der Waals surface area contributed by atoms with Crippen molar-refractivity contribution in [2.24, 2.45) is 5.73 Å². The molecule has 0 amide bonds. The maximum Gasteiger partial charge on any atom is 0.123 e. The maximum absolute atomic E-state index is 13.3. The molecule has 2 N–H and O–H groups in total. The first-order valence-electron chi connectivity index (χ1n) is 7.99. The molecule has 4 heteroatoms. The fourth-order valence-electron chi connectivity index (χ4n) is 3.84. The molecule has 116 valence electrons. The fraction of sp³-hybridized carbons (Fsp3) is 0.647. The Morgan fingerprint density at radius 2 is 2.10 bits per heavy atom. The number of ether oxygens (including phenoxy) is 1. The van der Waals surface area contributed by atoms with E-state index in [0.717, 1.165) is 24.3 Å². The first kappa shape index (κ1) is 14.8. The molecule has 0 saturated heterocycles. The number of fused-ring (bicyclic) bond motifs is 1. The van der Waals surface area contributed by atoms with Gasteiger partial charge < -0.3 is 10.5 Å². The Hall–Kier alpha value is -1.13. The second kappa shape index (κ2) is 5.93. The van der Waals surface area contributed by atoms with Gasteiger partial charge in [-0.25, -0.2) is 4.39 Å². The molecule has 1 unspecified atom stereocenters. The summed E-state index contributed by atoms with van der Waals surface area (Å²) in [6, 6.07) is 4.80. The largest absolute Gasteiger partial charge is 0.488 e.